The van der Waals surface area contributed by atoms with Crippen LogP contribution in [0.25, 0.3) is 0 Å². The van der Waals surface area contributed by atoms with Crippen molar-refractivity contribution in [1.29, 1.82) is 0 Å². The molecule has 0 bridgehead atoms. The Labute approximate surface area is 118 Å². The van der Waals surface area contributed by atoms with Crippen molar-refractivity contribution in [2.45, 2.75) is 26.3 Å². The quantitative estimate of drug-likeness (QED) is 0.920. The second kappa shape index (κ2) is 5.49. The van der Waals surface area contributed by atoms with Gasteiger partial charge in [-0.1, -0.05) is 0 Å². The zero-order valence-electron chi connectivity index (χ0n) is 11.8. The molecule has 1 N–H and O–H groups in total. The molecule has 20 heavy (non-hydrogen) atoms. The summed E-state index contributed by atoms with van der Waals surface area (Å²) in [5.41, 5.74) is 0.996. The van der Waals surface area contributed by atoms with Gasteiger partial charge in [0, 0.05) is 18.2 Å². The van der Waals surface area contributed by atoms with Crippen LogP contribution in [0.15, 0.2) is 34.7 Å². The summed E-state index contributed by atoms with van der Waals surface area (Å²) < 4.78 is 16.9. The predicted octanol–water partition coefficient (Wildman–Crippen LogP) is 3.92. The second-order valence-corrected chi connectivity index (χ2v) is 5.03. The van der Waals surface area contributed by atoms with Gasteiger partial charge in [0.2, 0.25) is 0 Å². The normalized spacial score (nSPS) is 15.5. The molecule has 0 spiro atoms. The molecule has 0 radical (unpaired) electrons. The molecule has 4 heteroatoms. The molecule has 1 atom stereocenters. The van der Waals surface area contributed by atoms with Crippen molar-refractivity contribution in [3.63, 3.8) is 0 Å². The fourth-order valence-corrected chi connectivity index (χ4v) is 2.26. The SMILES string of the molecule is Cc1ccc(C(C)Nc2ccc3c(c2)OCCCO3)o1. The van der Waals surface area contributed by atoms with Crippen molar-refractivity contribution in [1.82, 2.24) is 0 Å². The Morgan fingerprint density at radius 3 is 2.60 bits per heavy atom. The lowest BCUT2D eigenvalue weighted by molar-refractivity contribution is 0.297. The Morgan fingerprint density at radius 1 is 1.05 bits per heavy atom. The van der Waals surface area contributed by atoms with Gasteiger partial charge >= 0.3 is 0 Å². The van der Waals surface area contributed by atoms with Crippen LogP contribution >= 0.6 is 0 Å². The third-order valence-electron chi connectivity index (χ3n) is 3.32. The number of fused-ring (bicyclic) bond motifs is 1. The minimum Gasteiger partial charge on any atom is -0.490 e. The molecule has 2 aromatic rings. The lowest BCUT2D eigenvalue weighted by Crippen LogP contribution is -2.05. The van der Waals surface area contributed by atoms with Crippen LogP contribution in [-0.2, 0) is 0 Å². The minimum absolute atomic E-state index is 0.105. The van der Waals surface area contributed by atoms with Gasteiger partial charge in [-0.3, -0.25) is 0 Å². The highest BCUT2D eigenvalue weighted by atomic mass is 16.5. The molecule has 1 unspecified atom stereocenters. The Hall–Kier alpha value is -2.10. The first-order valence-corrected chi connectivity index (χ1v) is 6.95. The minimum atomic E-state index is 0.105. The molecule has 2 heterocycles. The Kier molecular flexibility index (Phi) is 3.54. The van der Waals surface area contributed by atoms with E-state index in [1.807, 2.05) is 37.3 Å². The lowest BCUT2D eigenvalue weighted by Gasteiger charge is -2.15. The number of benzene rings is 1. The average Bonchev–Trinajstić information content (AvgIpc) is 2.74. The van der Waals surface area contributed by atoms with Crippen LogP contribution in [0.5, 0.6) is 11.5 Å². The number of hydrogen-bond acceptors (Lipinski definition) is 4. The molecule has 0 saturated heterocycles. The maximum Gasteiger partial charge on any atom is 0.163 e. The number of hydrogen-bond donors (Lipinski definition) is 1. The predicted molar refractivity (Wildman–Crippen MR) is 77.5 cm³/mol. The first-order chi connectivity index (χ1) is 9.72. The van der Waals surface area contributed by atoms with E-state index in [9.17, 15) is 0 Å². The van der Waals surface area contributed by atoms with Crippen molar-refractivity contribution < 1.29 is 13.9 Å². The van der Waals surface area contributed by atoms with Gasteiger partial charge < -0.3 is 19.2 Å². The highest BCUT2D eigenvalue weighted by Crippen LogP contribution is 2.33. The molecule has 4 nitrogen and oxygen atoms in total. The highest BCUT2D eigenvalue weighted by molar-refractivity contribution is 5.55. The third kappa shape index (κ3) is 2.74. The third-order valence-corrected chi connectivity index (χ3v) is 3.32. The summed E-state index contributed by atoms with van der Waals surface area (Å²) in [7, 11) is 0. The first kappa shape index (κ1) is 12.9. The van der Waals surface area contributed by atoms with Crippen LogP contribution in [0.3, 0.4) is 0 Å². The molecule has 1 aliphatic heterocycles. The number of aryl methyl sites for hydroxylation is 1. The first-order valence-electron chi connectivity index (χ1n) is 6.95. The summed E-state index contributed by atoms with van der Waals surface area (Å²) in [5, 5.41) is 3.41. The van der Waals surface area contributed by atoms with Crippen LogP contribution < -0.4 is 14.8 Å². The van der Waals surface area contributed by atoms with E-state index in [2.05, 4.69) is 12.2 Å². The second-order valence-electron chi connectivity index (χ2n) is 5.03. The average molecular weight is 273 g/mol. The standard InChI is InChI=1S/C16H19NO3/c1-11-4-6-14(20-11)12(2)17-13-5-7-15-16(10-13)19-9-3-8-18-15/h4-7,10,12,17H,3,8-9H2,1-2H3. The van der Waals surface area contributed by atoms with Gasteiger partial charge in [0.25, 0.3) is 0 Å². The van der Waals surface area contributed by atoms with Crippen LogP contribution in [0, 0.1) is 6.92 Å². The largest absolute Gasteiger partial charge is 0.490 e. The lowest BCUT2D eigenvalue weighted by atomic mass is 10.2. The van der Waals surface area contributed by atoms with E-state index < -0.39 is 0 Å². The summed E-state index contributed by atoms with van der Waals surface area (Å²) in [4.78, 5) is 0. The van der Waals surface area contributed by atoms with Gasteiger partial charge in [0.05, 0.1) is 19.3 Å². The Bertz CT molecular complexity index is 591. The zero-order valence-corrected chi connectivity index (χ0v) is 11.8. The van der Waals surface area contributed by atoms with E-state index in [-0.39, 0.29) is 6.04 Å². The van der Waals surface area contributed by atoms with Crippen LogP contribution in [0.2, 0.25) is 0 Å². The fourth-order valence-electron chi connectivity index (χ4n) is 2.26. The maximum absolute atomic E-state index is 5.69. The van der Waals surface area contributed by atoms with Crippen LogP contribution in [0.4, 0.5) is 5.69 Å². The van der Waals surface area contributed by atoms with E-state index in [0.29, 0.717) is 13.2 Å². The van der Waals surface area contributed by atoms with E-state index in [1.165, 1.54) is 0 Å². The number of ether oxygens (including phenoxy) is 2. The Balaban J connectivity index is 1.76. The smallest absolute Gasteiger partial charge is 0.163 e. The Morgan fingerprint density at radius 2 is 1.85 bits per heavy atom. The molecule has 0 fully saturated rings. The highest BCUT2D eigenvalue weighted by Gasteiger charge is 2.13. The van der Waals surface area contributed by atoms with Gasteiger partial charge in [0.15, 0.2) is 11.5 Å². The summed E-state index contributed by atoms with van der Waals surface area (Å²) in [5.74, 6) is 3.46. The summed E-state index contributed by atoms with van der Waals surface area (Å²) in [6.07, 6.45) is 0.916. The van der Waals surface area contributed by atoms with Crippen LogP contribution in [-0.4, -0.2) is 13.2 Å². The van der Waals surface area contributed by atoms with E-state index in [4.69, 9.17) is 13.9 Å². The van der Waals surface area contributed by atoms with Gasteiger partial charge in [-0.25, -0.2) is 0 Å². The van der Waals surface area contributed by atoms with Crippen molar-refractivity contribution in [2.24, 2.45) is 0 Å². The molecule has 0 aliphatic carbocycles. The molecule has 1 aromatic carbocycles. The van der Waals surface area contributed by atoms with Crippen molar-refractivity contribution >= 4 is 5.69 Å². The molecular weight excluding hydrogens is 254 g/mol. The molecule has 1 aliphatic rings. The summed E-state index contributed by atoms with van der Waals surface area (Å²) in [6.45, 7) is 5.43. The molecule has 106 valence electrons. The van der Waals surface area contributed by atoms with E-state index in [1.54, 1.807) is 0 Å². The molecule has 3 rings (SSSR count). The van der Waals surface area contributed by atoms with Gasteiger partial charge in [-0.05, 0) is 38.1 Å². The molecule has 1 aromatic heterocycles. The van der Waals surface area contributed by atoms with E-state index >= 15 is 0 Å². The van der Waals surface area contributed by atoms with Gasteiger partial charge in [0.1, 0.15) is 11.5 Å². The van der Waals surface area contributed by atoms with Gasteiger partial charge in [-0.2, -0.15) is 0 Å². The van der Waals surface area contributed by atoms with Crippen molar-refractivity contribution in [3.05, 3.63) is 41.9 Å². The topological polar surface area (TPSA) is 43.6 Å². The van der Waals surface area contributed by atoms with Gasteiger partial charge in [-0.15, -0.1) is 0 Å². The van der Waals surface area contributed by atoms with Crippen LogP contribution in [0.1, 0.15) is 30.9 Å². The van der Waals surface area contributed by atoms with Crippen molar-refractivity contribution in [2.75, 3.05) is 18.5 Å². The number of nitrogens with one attached hydrogen (secondary N) is 1. The molecule has 0 amide bonds. The van der Waals surface area contributed by atoms with Crippen molar-refractivity contribution in [3.8, 4) is 11.5 Å². The number of anilines is 1. The van der Waals surface area contributed by atoms with E-state index in [0.717, 1.165) is 35.1 Å². The maximum atomic E-state index is 5.69. The fraction of sp³-hybridized carbons (Fsp3) is 0.375. The summed E-state index contributed by atoms with van der Waals surface area (Å²) in [6, 6.07) is 10.0. The number of furan rings is 1. The number of rotatable bonds is 3. The molecular formula is C16H19NO3. The zero-order chi connectivity index (χ0) is 13.9. The monoisotopic (exact) mass is 273 g/mol. The molecule has 0 saturated carbocycles. The summed E-state index contributed by atoms with van der Waals surface area (Å²) >= 11 is 0.